The Balaban J connectivity index is 1.68. The first kappa shape index (κ1) is 24.9. The van der Waals surface area contributed by atoms with Gasteiger partial charge in [-0.25, -0.2) is 9.97 Å². The number of unbranched alkanes of at least 4 members (excludes halogenated alkanes) is 3. The van der Waals surface area contributed by atoms with Crippen LogP contribution in [0.5, 0.6) is 0 Å². The first-order chi connectivity index (χ1) is 17.0. The molecule has 0 amide bonds. The molecule has 0 aliphatic carbocycles. The third-order valence-electron chi connectivity index (χ3n) is 7.03. The summed E-state index contributed by atoms with van der Waals surface area (Å²) in [6, 6.07) is 17.6. The van der Waals surface area contributed by atoms with E-state index < -0.39 is 5.97 Å². The Kier molecular flexibility index (Phi) is 8.17. The number of carbonyl (C=O) groups is 1. The number of fused-ring (bicyclic) bond motifs is 1. The summed E-state index contributed by atoms with van der Waals surface area (Å²) < 4.78 is 0. The fourth-order valence-corrected chi connectivity index (χ4v) is 4.94. The van der Waals surface area contributed by atoms with Gasteiger partial charge in [-0.2, -0.15) is 0 Å². The van der Waals surface area contributed by atoms with E-state index in [0.717, 1.165) is 85.5 Å². The van der Waals surface area contributed by atoms with Crippen molar-refractivity contribution in [3.63, 3.8) is 0 Å². The fraction of sp³-hybridized carbons (Fsp3) is 0.433. The summed E-state index contributed by atoms with van der Waals surface area (Å²) in [6.45, 7) is 7.40. The smallest absolute Gasteiger partial charge is 0.303 e. The lowest BCUT2D eigenvalue weighted by Gasteiger charge is -2.37. The van der Waals surface area contributed by atoms with Gasteiger partial charge in [-0.05, 0) is 46.0 Å². The second-order valence-electron chi connectivity index (χ2n) is 9.78. The molecule has 1 aromatic heterocycles. The molecule has 3 aromatic rings. The standard InChI is InChI=1S/C30H37N3O2/c1-4-25-18-19-26-30(33(25)20-8-6-5-7-9-27(34)35)32-29(24-16-12-22(3)13-17-24)28(31-26)23-14-10-21(2)11-15-23/h10-17,25H,4-9,18-20H2,1-3H3,(H,34,35)/t25-/m1/s1. The molecule has 5 heteroatoms. The monoisotopic (exact) mass is 471 g/mol. The lowest BCUT2D eigenvalue weighted by Crippen LogP contribution is -2.41. The highest BCUT2D eigenvalue weighted by atomic mass is 16.4. The third kappa shape index (κ3) is 6.08. The van der Waals surface area contributed by atoms with Crippen LogP contribution in [0.4, 0.5) is 5.82 Å². The summed E-state index contributed by atoms with van der Waals surface area (Å²) >= 11 is 0. The van der Waals surface area contributed by atoms with Crippen molar-refractivity contribution in [3.05, 3.63) is 65.4 Å². The zero-order valence-corrected chi connectivity index (χ0v) is 21.3. The van der Waals surface area contributed by atoms with Crippen LogP contribution in [0.15, 0.2) is 48.5 Å². The number of nitrogens with zero attached hydrogens (tertiary/aromatic N) is 3. The van der Waals surface area contributed by atoms with Crippen LogP contribution in [-0.4, -0.2) is 33.6 Å². The molecular formula is C30H37N3O2. The number of anilines is 1. The van der Waals surface area contributed by atoms with Crippen LogP contribution < -0.4 is 4.90 Å². The van der Waals surface area contributed by atoms with Crippen molar-refractivity contribution < 1.29 is 9.90 Å². The highest BCUT2D eigenvalue weighted by molar-refractivity contribution is 5.80. The average Bonchev–Trinajstić information content (AvgIpc) is 2.86. The maximum Gasteiger partial charge on any atom is 0.303 e. The number of carboxylic acid groups (broad SMARTS) is 1. The minimum Gasteiger partial charge on any atom is -0.481 e. The van der Waals surface area contributed by atoms with E-state index in [-0.39, 0.29) is 6.42 Å². The Morgan fingerprint density at radius 1 is 0.886 bits per heavy atom. The van der Waals surface area contributed by atoms with Gasteiger partial charge in [0.15, 0.2) is 5.82 Å². The largest absolute Gasteiger partial charge is 0.481 e. The van der Waals surface area contributed by atoms with Crippen molar-refractivity contribution in [2.24, 2.45) is 0 Å². The SMILES string of the molecule is CC[C@@H]1CCc2nc(-c3ccc(C)cc3)c(-c3ccc(C)cc3)nc2N1CCCCCCC(=O)O. The Bertz CT molecular complexity index is 1140. The summed E-state index contributed by atoms with van der Waals surface area (Å²) in [5, 5.41) is 8.88. The van der Waals surface area contributed by atoms with Crippen LogP contribution >= 0.6 is 0 Å². The molecule has 1 aliphatic heterocycles. The van der Waals surface area contributed by atoms with Gasteiger partial charge in [0.2, 0.25) is 0 Å². The molecule has 0 bridgehead atoms. The molecule has 0 fully saturated rings. The summed E-state index contributed by atoms with van der Waals surface area (Å²) in [5.74, 6) is 0.323. The molecule has 2 aromatic carbocycles. The molecule has 0 saturated heterocycles. The van der Waals surface area contributed by atoms with Gasteiger partial charge < -0.3 is 10.0 Å². The van der Waals surface area contributed by atoms with Crippen molar-refractivity contribution in [1.82, 2.24) is 9.97 Å². The van der Waals surface area contributed by atoms with Gasteiger partial charge in [0.1, 0.15) is 0 Å². The molecule has 2 heterocycles. The molecule has 0 unspecified atom stereocenters. The van der Waals surface area contributed by atoms with Crippen molar-refractivity contribution in [2.45, 2.75) is 78.2 Å². The zero-order valence-electron chi connectivity index (χ0n) is 21.3. The van der Waals surface area contributed by atoms with Gasteiger partial charge in [-0.15, -0.1) is 0 Å². The van der Waals surface area contributed by atoms with E-state index in [1.54, 1.807) is 0 Å². The number of hydrogen-bond donors (Lipinski definition) is 1. The van der Waals surface area contributed by atoms with Crippen LogP contribution in [-0.2, 0) is 11.2 Å². The average molecular weight is 472 g/mol. The lowest BCUT2D eigenvalue weighted by molar-refractivity contribution is -0.137. The van der Waals surface area contributed by atoms with E-state index >= 15 is 0 Å². The minimum absolute atomic E-state index is 0.261. The highest BCUT2D eigenvalue weighted by Crippen LogP contribution is 2.37. The number of aromatic nitrogens is 2. The second-order valence-corrected chi connectivity index (χ2v) is 9.78. The summed E-state index contributed by atoms with van der Waals surface area (Å²) in [5.41, 5.74) is 7.64. The molecule has 5 nitrogen and oxygen atoms in total. The maximum absolute atomic E-state index is 10.8. The van der Waals surface area contributed by atoms with E-state index in [2.05, 4.69) is 74.2 Å². The van der Waals surface area contributed by atoms with Gasteiger partial charge in [0, 0.05) is 30.1 Å². The zero-order chi connectivity index (χ0) is 24.8. The van der Waals surface area contributed by atoms with Gasteiger partial charge in [-0.3, -0.25) is 4.79 Å². The highest BCUT2D eigenvalue weighted by Gasteiger charge is 2.29. The van der Waals surface area contributed by atoms with Crippen LogP contribution in [0.1, 0.15) is 68.7 Å². The Labute approximate surface area is 209 Å². The normalized spacial score (nSPS) is 15.2. The van der Waals surface area contributed by atoms with Crippen molar-refractivity contribution in [2.75, 3.05) is 11.4 Å². The molecule has 4 rings (SSSR count). The van der Waals surface area contributed by atoms with E-state index in [1.165, 1.54) is 11.1 Å². The van der Waals surface area contributed by atoms with Crippen molar-refractivity contribution in [1.29, 1.82) is 0 Å². The molecule has 1 atom stereocenters. The third-order valence-corrected chi connectivity index (χ3v) is 7.03. The molecule has 1 N–H and O–H groups in total. The Morgan fingerprint density at radius 3 is 2.03 bits per heavy atom. The Morgan fingerprint density at radius 2 is 1.46 bits per heavy atom. The quantitative estimate of drug-likeness (QED) is 0.323. The molecule has 0 radical (unpaired) electrons. The summed E-state index contributed by atoms with van der Waals surface area (Å²) in [6.07, 6.45) is 7.16. The minimum atomic E-state index is -0.704. The van der Waals surface area contributed by atoms with Gasteiger partial charge in [-0.1, -0.05) is 79.4 Å². The van der Waals surface area contributed by atoms with Gasteiger partial charge in [0.05, 0.1) is 17.1 Å². The molecule has 0 spiro atoms. The predicted octanol–water partition coefficient (Wildman–Crippen LogP) is 6.99. The van der Waals surface area contributed by atoms with Crippen molar-refractivity contribution >= 4 is 11.8 Å². The molecule has 0 saturated carbocycles. The number of carboxylic acids is 1. The summed E-state index contributed by atoms with van der Waals surface area (Å²) in [4.78, 5) is 23.8. The molecule has 35 heavy (non-hydrogen) atoms. The predicted molar refractivity (Wildman–Crippen MR) is 143 cm³/mol. The van der Waals surface area contributed by atoms with E-state index in [1.807, 2.05) is 0 Å². The number of aliphatic carboxylic acids is 1. The number of aryl methyl sites for hydroxylation is 3. The van der Waals surface area contributed by atoms with Crippen molar-refractivity contribution in [3.8, 4) is 22.5 Å². The Hall–Kier alpha value is -3.21. The maximum atomic E-state index is 10.8. The first-order valence-electron chi connectivity index (χ1n) is 13.0. The van der Waals surface area contributed by atoms with Gasteiger partial charge in [0.25, 0.3) is 0 Å². The van der Waals surface area contributed by atoms with Crippen LogP contribution in [0.25, 0.3) is 22.5 Å². The first-order valence-corrected chi connectivity index (χ1v) is 13.0. The molecule has 184 valence electrons. The van der Waals surface area contributed by atoms with Crippen LogP contribution in [0.3, 0.4) is 0 Å². The lowest BCUT2D eigenvalue weighted by atomic mass is 9.97. The summed E-state index contributed by atoms with van der Waals surface area (Å²) in [7, 11) is 0. The molecule has 1 aliphatic rings. The van der Waals surface area contributed by atoms with Crippen LogP contribution in [0, 0.1) is 13.8 Å². The number of rotatable bonds is 10. The van der Waals surface area contributed by atoms with E-state index in [4.69, 9.17) is 15.1 Å². The van der Waals surface area contributed by atoms with E-state index in [9.17, 15) is 4.79 Å². The fourth-order valence-electron chi connectivity index (χ4n) is 4.94. The van der Waals surface area contributed by atoms with Gasteiger partial charge >= 0.3 is 5.97 Å². The number of hydrogen-bond acceptors (Lipinski definition) is 4. The number of benzene rings is 2. The second kappa shape index (κ2) is 11.5. The molecular weight excluding hydrogens is 434 g/mol. The topological polar surface area (TPSA) is 66.3 Å². The van der Waals surface area contributed by atoms with Crippen LogP contribution in [0.2, 0.25) is 0 Å². The van der Waals surface area contributed by atoms with E-state index in [0.29, 0.717) is 6.04 Å².